The van der Waals surface area contributed by atoms with E-state index in [1.165, 1.54) is 11.3 Å². The Morgan fingerprint density at radius 1 is 1.45 bits per heavy atom. The van der Waals surface area contributed by atoms with Crippen LogP contribution in [0.1, 0.15) is 52.8 Å². The van der Waals surface area contributed by atoms with Crippen molar-refractivity contribution in [1.82, 2.24) is 25.1 Å². The smallest absolute Gasteiger partial charge is 0.266 e. The average molecular weight is 320 g/mol. The van der Waals surface area contributed by atoms with Crippen LogP contribution in [0.25, 0.3) is 0 Å². The van der Waals surface area contributed by atoms with Crippen LogP contribution in [-0.2, 0) is 0 Å². The number of nitrogens with one attached hydrogen (secondary N) is 2. The minimum atomic E-state index is -0.0402. The van der Waals surface area contributed by atoms with Crippen LogP contribution in [0, 0.1) is 13.8 Å². The molecule has 1 amide bonds. The van der Waals surface area contributed by atoms with Crippen molar-refractivity contribution in [3.63, 3.8) is 0 Å². The number of hydrogen-bond donors (Lipinski definition) is 2. The molecular formula is C14H20N6OS. The fourth-order valence-corrected chi connectivity index (χ4v) is 3.73. The number of aromatic amines is 1. The van der Waals surface area contributed by atoms with E-state index >= 15 is 0 Å². The second kappa shape index (κ2) is 6.04. The van der Waals surface area contributed by atoms with Gasteiger partial charge in [-0.25, -0.2) is 9.97 Å². The van der Waals surface area contributed by atoms with Crippen LogP contribution < -0.4 is 5.32 Å². The van der Waals surface area contributed by atoms with Gasteiger partial charge in [0, 0.05) is 13.1 Å². The number of rotatable bonds is 4. The molecule has 0 aliphatic carbocycles. The molecule has 8 heteroatoms. The van der Waals surface area contributed by atoms with Crippen LogP contribution in [-0.4, -0.2) is 44.1 Å². The van der Waals surface area contributed by atoms with Gasteiger partial charge in [0.25, 0.3) is 5.91 Å². The highest BCUT2D eigenvalue weighted by Crippen LogP contribution is 2.33. The van der Waals surface area contributed by atoms with Crippen LogP contribution in [0.5, 0.6) is 0 Å². The average Bonchev–Trinajstić information content (AvgIpc) is 3.18. The van der Waals surface area contributed by atoms with Gasteiger partial charge in [-0.15, -0.1) is 0 Å². The number of aryl methyl sites for hydroxylation is 2. The zero-order valence-corrected chi connectivity index (χ0v) is 13.8. The third kappa shape index (κ3) is 2.70. The van der Waals surface area contributed by atoms with Crippen LogP contribution in [0.3, 0.4) is 0 Å². The van der Waals surface area contributed by atoms with E-state index < -0.39 is 0 Å². The summed E-state index contributed by atoms with van der Waals surface area (Å²) in [4.78, 5) is 24.3. The van der Waals surface area contributed by atoms with E-state index in [0.717, 1.165) is 42.6 Å². The van der Waals surface area contributed by atoms with E-state index in [1.807, 2.05) is 25.7 Å². The van der Waals surface area contributed by atoms with E-state index in [9.17, 15) is 4.79 Å². The molecule has 0 spiro atoms. The molecule has 3 heterocycles. The van der Waals surface area contributed by atoms with Crippen molar-refractivity contribution < 1.29 is 4.79 Å². The lowest BCUT2D eigenvalue weighted by Gasteiger charge is -2.21. The molecule has 2 aromatic rings. The minimum absolute atomic E-state index is 0.0316. The molecule has 3 rings (SSSR count). The number of hydrogen-bond acceptors (Lipinski definition) is 6. The Kier molecular flexibility index (Phi) is 4.10. The van der Waals surface area contributed by atoms with Gasteiger partial charge in [0.1, 0.15) is 10.7 Å². The van der Waals surface area contributed by atoms with Gasteiger partial charge in [0.2, 0.25) is 0 Å². The highest BCUT2D eigenvalue weighted by Gasteiger charge is 2.34. The van der Waals surface area contributed by atoms with E-state index in [1.54, 1.807) is 0 Å². The first-order valence-electron chi connectivity index (χ1n) is 7.51. The second-order valence-electron chi connectivity index (χ2n) is 5.40. The number of aromatic nitrogens is 4. The third-order valence-electron chi connectivity index (χ3n) is 3.75. The molecule has 2 N–H and O–H groups in total. The normalized spacial score (nSPS) is 18.0. The maximum absolute atomic E-state index is 12.9. The summed E-state index contributed by atoms with van der Waals surface area (Å²) < 4.78 is 0. The number of H-pyrrole nitrogens is 1. The van der Waals surface area contributed by atoms with Gasteiger partial charge in [-0.3, -0.25) is 9.89 Å². The first-order valence-corrected chi connectivity index (χ1v) is 8.33. The number of amides is 1. The Balaban J connectivity index is 1.84. The second-order valence-corrected chi connectivity index (χ2v) is 6.40. The Hall–Kier alpha value is -1.96. The summed E-state index contributed by atoms with van der Waals surface area (Å²) in [6.07, 6.45) is 1.88. The van der Waals surface area contributed by atoms with Crippen molar-refractivity contribution in [2.75, 3.05) is 18.4 Å². The van der Waals surface area contributed by atoms with Gasteiger partial charge < -0.3 is 10.2 Å². The zero-order chi connectivity index (χ0) is 15.7. The van der Waals surface area contributed by atoms with Gasteiger partial charge in [0.15, 0.2) is 11.0 Å². The van der Waals surface area contributed by atoms with Crippen LogP contribution in [0.4, 0.5) is 5.13 Å². The highest BCUT2D eigenvalue weighted by molar-refractivity contribution is 7.17. The number of nitrogens with zero attached hydrogens (tertiary/aromatic N) is 4. The highest BCUT2D eigenvalue weighted by atomic mass is 32.1. The Labute approximate surface area is 133 Å². The molecule has 0 bridgehead atoms. The zero-order valence-electron chi connectivity index (χ0n) is 13.0. The Bertz CT molecular complexity index is 679. The number of carbonyl (C=O) groups excluding carboxylic acids is 1. The maximum atomic E-state index is 12.9. The fourth-order valence-electron chi connectivity index (χ4n) is 2.74. The van der Waals surface area contributed by atoms with Crippen LogP contribution in [0.15, 0.2) is 0 Å². The first-order chi connectivity index (χ1) is 10.6. The van der Waals surface area contributed by atoms with E-state index in [2.05, 4.69) is 25.5 Å². The molecule has 1 saturated heterocycles. The summed E-state index contributed by atoms with van der Waals surface area (Å²) in [6, 6.07) is -0.0402. The summed E-state index contributed by atoms with van der Waals surface area (Å²) in [5, 5.41) is 11.1. The van der Waals surface area contributed by atoms with Gasteiger partial charge in [-0.1, -0.05) is 11.3 Å². The summed E-state index contributed by atoms with van der Waals surface area (Å²) in [5.74, 6) is 1.51. The standard InChI is InChI=1S/C14H20N6OS/c1-4-15-14-16-8(2)11(22-14)13(21)20-7-5-6-10(20)12-17-9(3)18-19-12/h10H,4-7H2,1-3H3,(H,15,16)(H,17,18,19)/t10-/m0/s1. The topological polar surface area (TPSA) is 86.8 Å². The molecule has 1 aliphatic rings. The summed E-state index contributed by atoms with van der Waals surface area (Å²) in [6.45, 7) is 7.30. The molecule has 1 fully saturated rings. The predicted molar refractivity (Wildman–Crippen MR) is 85.1 cm³/mol. The van der Waals surface area contributed by atoms with Crippen molar-refractivity contribution >= 4 is 22.4 Å². The van der Waals surface area contributed by atoms with E-state index in [0.29, 0.717) is 10.7 Å². The van der Waals surface area contributed by atoms with Gasteiger partial charge >= 0.3 is 0 Å². The molecule has 22 heavy (non-hydrogen) atoms. The largest absolute Gasteiger partial charge is 0.362 e. The predicted octanol–water partition coefficient (Wildman–Crippen LogP) is 2.29. The van der Waals surface area contributed by atoms with Crippen LogP contribution >= 0.6 is 11.3 Å². The van der Waals surface area contributed by atoms with Crippen molar-refractivity contribution in [1.29, 1.82) is 0 Å². The first kappa shape index (κ1) is 15.0. The van der Waals surface area contributed by atoms with Crippen LogP contribution in [0.2, 0.25) is 0 Å². The summed E-state index contributed by atoms with van der Waals surface area (Å²) in [7, 11) is 0. The number of carbonyl (C=O) groups is 1. The molecule has 1 aliphatic heterocycles. The summed E-state index contributed by atoms with van der Waals surface area (Å²) >= 11 is 1.42. The molecule has 0 aromatic carbocycles. The number of thiazole rings is 1. The van der Waals surface area contributed by atoms with Gasteiger partial charge in [-0.05, 0) is 33.6 Å². The van der Waals surface area contributed by atoms with Crippen molar-refractivity contribution in [2.24, 2.45) is 0 Å². The molecule has 0 unspecified atom stereocenters. The monoisotopic (exact) mass is 320 g/mol. The molecule has 7 nitrogen and oxygen atoms in total. The molecule has 1 atom stereocenters. The quantitative estimate of drug-likeness (QED) is 0.902. The molecule has 0 saturated carbocycles. The molecular weight excluding hydrogens is 300 g/mol. The Morgan fingerprint density at radius 2 is 2.27 bits per heavy atom. The lowest BCUT2D eigenvalue weighted by atomic mass is 10.2. The van der Waals surface area contributed by atoms with E-state index in [-0.39, 0.29) is 11.9 Å². The van der Waals surface area contributed by atoms with Gasteiger partial charge in [0.05, 0.1) is 11.7 Å². The van der Waals surface area contributed by atoms with Crippen molar-refractivity contribution in [3.05, 3.63) is 22.2 Å². The third-order valence-corrected chi connectivity index (χ3v) is 4.85. The number of anilines is 1. The minimum Gasteiger partial charge on any atom is -0.362 e. The van der Waals surface area contributed by atoms with Gasteiger partial charge in [-0.2, -0.15) is 5.10 Å². The SMILES string of the molecule is CCNc1nc(C)c(C(=O)N2CCC[C@H]2c2n[nH]c(C)n2)s1. The van der Waals surface area contributed by atoms with Crippen molar-refractivity contribution in [2.45, 2.75) is 39.7 Å². The van der Waals surface area contributed by atoms with Crippen molar-refractivity contribution in [3.8, 4) is 0 Å². The van der Waals surface area contributed by atoms with E-state index in [4.69, 9.17) is 0 Å². The molecule has 0 radical (unpaired) electrons. The number of likely N-dealkylation sites (tertiary alicyclic amines) is 1. The molecule has 118 valence electrons. The summed E-state index contributed by atoms with van der Waals surface area (Å²) in [5.41, 5.74) is 0.780. The lowest BCUT2D eigenvalue weighted by molar-refractivity contribution is 0.0734. The Morgan fingerprint density at radius 3 is 2.95 bits per heavy atom. The fraction of sp³-hybridized carbons (Fsp3) is 0.571. The maximum Gasteiger partial charge on any atom is 0.266 e. The lowest BCUT2D eigenvalue weighted by Crippen LogP contribution is -2.31. The molecule has 2 aromatic heterocycles.